The Kier molecular flexibility index (Phi) is 3.22. The number of nitrogens with zero attached hydrogens (tertiary/aromatic N) is 4. The highest BCUT2D eigenvalue weighted by Crippen LogP contribution is 2.24. The first-order chi connectivity index (χ1) is 12.3. The van der Waals surface area contributed by atoms with Crippen LogP contribution >= 0.6 is 0 Å². The number of benzene rings is 1. The second-order valence-electron chi connectivity index (χ2n) is 6.60. The molecular weight excluding hydrogens is 314 g/mol. The molecule has 0 spiro atoms. The predicted molar refractivity (Wildman–Crippen MR) is 95.0 cm³/mol. The van der Waals surface area contributed by atoms with Crippen molar-refractivity contribution in [2.45, 2.75) is 20.0 Å². The number of aromatic nitrogens is 2. The number of quaternary nitrogens is 1. The van der Waals surface area contributed by atoms with Crippen LogP contribution in [0.4, 0.5) is 5.82 Å². The fraction of sp³-hybridized carbons (Fsp3) is 0.222. The Hall–Kier alpha value is -2.90. The first kappa shape index (κ1) is 14.4. The summed E-state index contributed by atoms with van der Waals surface area (Å²) in [6.07, 6.45) is 6.10. The lowest BCUT2D eigenvalue weighted by Crippen LogP contribution is -3.10. The number of fused-ring (bicyclic) bond motifs is 2. The Morgan fingerprint density at radius 3 is 2.68 bits per heavy atom. The molecule has 1 aromatic carbocycles. The first-order valence-corrected chi connectivity index (χ1v) is 8.46. The van der Waals surface area contributed by atoms with E-state index < -0.39 is 0 Å². The van der Waals surface area contributed by atoms with E-state index in [1.807, 2.05) is 19.2 Å². The number of nitrogens with one attached hydrogen (secondary N) is 3. The average Bonchev–Trinajstić information content (AvgIpc) is 3.33. The van der Waals surface area contributed by atoms with Crippen LogP contribution in [0.1, 0.15) is 16.8 Å². The minimum absolute atomic E-state index is 0.793. The minimum Gasteiger partial charge on any atom is -0.293 e. The second kappa shape index (κ2) is 5.58. The smallest absolute Gasteiger partial charge is 0.234 e. The molecule has 0 saturated heterocycles. The largest absolute Gasteiger partial charge is 0.293 e. The SMILES string of the molecule is Cc1cc(NC2=CN(N3Cc4ccccc4C3)CC3=NC=C[NH+]23)n[nH]1. The molecule has 0 fully saturated rings. The summed E-state index contributed by atoms with van der Waals surface area (Å²) in [5, 5.41) is 15.3. The lowest BCUT2D eigenvalue weighted by Gasteiger charge is -2.34. The highest BCUT2D eigenvalue weighted by molar-refractivity contribution is 5.80. The Labute approximate surface area is 145 Å². The van der Waals surface area contributed by atoms with Crippen molar-refractivity contribution in [2.24, 2.45) is 4.99 Å². The maximum atomic E-state index is 4.55. The van der Waals surface area contributed by atoms with Gasteiger partial charge in [-0.1, -0.05) is 24.3 Å². The maximum Gasteiger partial charge on any atom is 0.234 e. The van der Waals surface area contributed by atoms with Crippen molar-refractivity contribution < 1.29 is 4.90 Å². The van der Waals surface area contributed by atoms with Gasteiger partial charge in [0, 0.05) is 24.8 Å². The summed E-state index contributed by atoms with van der Waals surface area (Å²) in [4.78, 5) is 5.69. The van der Waals surface area contributed by atoms with E-state index in [9.17, 15) is 0 Å². The molecular formula is C18H20N7+. The van der Waals surface area contributed by atoms with Gasteiger partial charge in [0.25, 0.3) is 0 Å². The third-order valence-corrected chi connectivity index (χ3v) is 4.82. The summed E-state index contributed by atoms with van der Waals surface area (Å²) in [5.74, 6) is 2.94. The van der Waals surface area contributed by atoms with Gasteiger partial charge in [0.05, 0.1) is 12.4 Å². The molecule has 1 aromatic heterocycles. The lowest BCUT2D eigenvalue weighted by atomic mass is 10.1. The molecule has 3 aliphatic rings. The van der Waals surface area contributed by atoms with E-state index in [0.717, 1.165) is 47.7 Å². The summed E-state index contributed by atoms with van der Waals surface area (Å²) in [7, 11) is 0. The van der Waals surface area contributed by atoms with Crippen molar-refractivity contribution in [3.05, 3.63) is 71.6 Å². The van der Waals surface area contributed by atoms with E-state index in [1.165, 1.54) is 11.1 Å². The molecule has 0 radical (unpaired) electrons. The molecule has 126 valence electrons. The normalized spacial score (nSPS) is 21.8. The number of rotatable bonds is 3. The Bertz CT molecular complexity index is 883. The number of hydrazine groups is 1. The number of aromatic amines is 1. The summed E-state index contributed by atoms with van der Waals surface area (Å²) in [6.45, 7) is 4.65. The van der Waals surface area contributed by atoms with Crippen molar-refractivity contribution in [3.63, 3.8) is 0 Å². The van der Waals surface area contributed by atoms with Gasteiger partial charge in [-0.25, -0.2) is 14.9 Å². The molecule has 0 aliphatic carbocycles. The molecule has 5 rings (SSSR count). The zero-order valence-corrected chi connectivity index (χ0v) is 14.0. The van der Waals surface area contributed by atoms with Crippen molar-refractivity contribution in [1.82, 2.24) is 20.2 Å². The van der Waals surface area contributed by atoms with Gasteiger partial charge in [-0.2, -0.15) is 5.10 Å². The third kappa shape index (κ3) is 2.54. The highest BCUT2D eigenvalue weighted by atomic mass is 15.6. The quantitative estimate of drug-likeness (QED) is 0.782. The van der Waals surface area contributed by atoms with E-state index in [0.29, 0.717) is 0 Å². The molecule has 25 heavy (non-hydrogen) atoms. The molecule has 1 atom stereocenters. The molecule has 1 unspecified atom stereocenters. The summed E-state index contributed by atoms with van der Waals surface area (Å²) >= 11 is 0. The van der Waals surface area contributed by atoms with Crippen LogP contribution < -0.4 is 10.2 Å². The van der Waals surface area contributed by atoms with Crippen molar-refractivity contribution >= 4 is 11.7 Å². The number of amidine groups is 1. The van der Waals surface area contributed by atoms with Crippen LogP contribution in [0, 0.1) is 6.92 Å². The van der Waals surface area contributed by atoms with E-state index >= 15 is 0 Å². The number of aliphatic imine (C=N–C) groups is 1. The fourth-order valence-electron chi connectivity index (χ4n) is 3.55. The Morgan fingerprint density at radius 2 is 1.96 bits per heavy atom. The van der Waals surface area contributed by atoms with Gasteiger partial charge in [-0.05, 0) is 18.1 Å². The molecule has 4 heterocycles. The van der Waals surface area contributed by atoms with E-state index in [4.69, 9.17) is 0 Å². The van der Waals surface area contributed by atoms with Crippen molar-refractivity contribution in [2.75, 3.05) is 11.9 Å². The molecule has 0 saturated carbocycles. The monoisotopic (exact) mass is 334 g/mol. The standard InChI is InChI=1S/C18H19N7/c1-13-8-16(22-21-13)20-18-12-24(11-17-19-6-7-25(17)18)23-9-14-4-2-3-5-15(14)10-23/h2-8,12H,9-11H2,1H3,(H2,20,21,22)/p+1. The van der Waals surface area contributed by atoms with Crippen LogP contribution in [-0.4, -0.2) is 32.6 Å². The van der Waals surface area contributed by atoms with E-state index in [1.54, 1.807) is 0 Å². The summed E-state index contributed by atoms with van der Waals surface area (Å²) < 4.78 is 0. The fourth-order valence-corrected chi connectivity index (χ4v) is 3.55. The molecule has 7 heteroatoms. The van der Waals surface area contributed by atoms with E-state index in [2.05, 4.69) is 67.2 Å². The molecule has 3 N–H and O–H groups in total. The van der Waals surface area contributed by atoms with Gasteiger partial charge in [-0.3, -0.25) is 15.4 Å². The molecule has 2 aromatic rings. The van der Waals surface area contributed by atoms with Crippen LogP contribution in [0.5, 0.6) is 0 Å². The highest BCUT2D eigenvalue weighted by Gasteiger charge is 2.35. The molecule has 7 nitrogen and oxygen atoms in total. The molecule has 0 amide bonds. The van der Waals surface area contributed by atoms with Gasteiger partial charge in [0.2, 0.25) is 11.7 Å². The van der Waals surface area contributed by atoms with Crippen LogP contribution in [0.2, 0.25) is 0 Å². The van der Waals surface area contributed by atoms with Crippen molar-refractivity contribution in [1.29, 1.82) is 0 Å². The van der Waals surface area contributed by atoms with Crippen molar-refractivity contribution in [3.8, 4) is 0 Å². The van der Waals surface area contributed by atoms with Gasteiger partial charge in [0.1, 0.15) is 12.7 Å². The number of aryl methyl sites for hydroxylation is 1. The number of H-pyrrole nitrogens is 1. The van der Waals surface area contributed by atoms with Crippen LogP contribution in [0.15, 0.2) is 59.7 Å². The lowest BCUT2D eigenvalue weighted by molar-refractivity contribution is -0.700. The van der Waals surface area contributed by atoms with E-state index in [-0.39, 0.29) is 0 Å². The Morgan fingerprint density at radius 1 is 1.16 bits per heavy atom. The average molecular weight is 334 g/mol. The predicted octanol–water partition coefficient (Wildman–Crippen LogP) is 0.944. The Balaban J connectivity index is 1.43. The summed E-state index contributed by atoms with van der Waals surface area (Å²) in [6, 6.07) is 10.6. The molecule has 3 aliphatic heterocycles. The minimum atomic E-state index is 0.793. The van der Waals surface area contributed by atoms with Gasteiger partial charge in [-0.15, -0.1) is 0 Å². The number of anilines is 1. The van der Waals surface area contributed by atoms with Gasteiger partial charge >= 0.3 is 0 Å². The van der Waals surface area contributed by atoms with Gasteiger partial charge < -0.3 is 0 Å². The van der Waals surface area contributed by atoms with Gasteiger partial charge in [0.15, 0.2) is 5.82 Å². The molecule has 0 bridgehead atoms. The van der Waals surface area contributed by atoms with Crippen LogP contribution in [0.3, 0.4) is 0 Å². The second-order valence-corrected chi connectivity index (χ2v) is 6.60. The number of hydrogen-bond donors (Lipinski definition) is 3. The summed E-state index contributed by atoms with van der Waals surface area (Å²) in [5.41, 5.74) is 3.83. The topological polar surface area (TPSA) is 64.0 Å². The van der Waals surface area contributed by atoms with Crippen LogP contribution in [0.25, 0.3) is 0 Å². The number of hydrogen-bond acceptors (Lipinski definition) is 5. The first-order valence-electron chi connectivity index (χ1n) is 8.46. The third-order valence-electron chi connectivity index (χ3n) is 4.82. The van der Waals surface area contributed by atoms with Crippen LogP contribution in [-0.2, 0) is 13.1 Å². The maximum absolute atomic E-state index is 4.55. The zero-order chi connectivity index (χ0) is 16.8. The zero-order valence-electron chi connectivity index (χ0n) is 14.0.